The monoisotopic (exact) mass is 430 g/mol. The zero-order chi connectivity index (χ0) is 22.4. The molecule has 166 valence electrons. The molecule has 32 heavy (non-hydrogen) atoms. The van der Waals surface area contributed by atoms with Crippen LogP contribution in [0.25, 0.3) is 10.9 Å². The van der Waals surface area contributed by atoms with Gasteiger partial charge in [-0.2, -0.15) is 0 Å². The molecule has 7 nitrogen and oxygen atoms in total. The van der Waals surface area contributed by atoms with Gasteiger partial charge in [0.25, 0.3) is 0 Å². The molecule has 3 aromatic rings. The fraction of sp³-hybridized carbons (Fsp3) is 0.440. The number of nitrogens with zero attached hydrogens (tertiary/aromatic N) is 6. The summed E-state index contributed by atoms with van der Waals surface area (Å²) < 4.78 is 0. The first kappa shape index (κ1) is 20.8. The molecule has 0 radical (unpaired) electrons. The molecule has 4 heterocycles. The number of pyridine rings is 1. The summed E-state index contributed by atoms with van der Waals surface area (Å²) >= 11 is 0. The fourth-order valence-corrected chi connectivity index (χ4v) is 4.95. The van der Waals surface area contributed by atoms with Gasteiger partial charge in [-0.25, -0.2) is 15.0 Å². The SMILES string of the molecule is Cc1nc([C@H]2CCN(Cc3cc4ccccc4nc3N(C)C)C2)nc2c1CCC(=O)N2C. The van der Waals surface area contributed by atoms with Crippen molar-refractivity contribution in [3.8, 4) is 0 Å². The number of rotatable bonds is 4. The lowest BCUT2D eigenvalue weighted by Crippen LogP contribution is -2.33. The second-order valence-corrected chi connectivity index (χ2v) is 9.20. The van der Waals surface area contributed by atoms with Gasteiger partial charge in [0.1, 0.15) is 17.5 Å². The van der Waals surface area contributed by atoms with Crippen molar-refractivity contribution in [2.45, 2.75) is 38.6 Å². The van der Waals surface area contributed by atoms with Gasteiger partial charge in [-0.15, -0.1) is 0 Å². The lowest BCUT2D eigenvalue weighted by molar-refractivity contribution is -0.118. The van der Waals surface area contributed by atoms with Crippen molar-refractivity contribution < 1.29 is 4.79 Å². The standard InChI is InChI=1S/C25H30N6O/c1-16-20-9-10-22(32)30(4)25(20)28-23(26-16)18-11-12-31(14-18)15-19-13-17-7-5-6-8-21(17)27-24(19)29(2)3/h5-8,13,18H,9-12,14-15H2,1-4H3/t18-/m0/s1. The molecule has 5 rings (SSSR count). The maximum absolute atomic E-state index is 12.2. The molecule has 1 atom stereocenters. The van der Waals surface area contributed by atoms with Crippen molar-refractivity contribution >= 4 is 28.4 Å². The van der Waals surface area contributed by atoms with Gasteiger partial charge >= 0.3 is 0 Å². The summed E-state index contributed by atoms with van der Waals surface area (Å²) in [5.74, 6) is 3.11. The number of amides is 1. The highest BCUT2D eigenvalue weighted by Crippen LogP contribution is 2.33. The first-order chi connectivity index (χ1) is 15.4. The lowest BCUT2D eigenvalue weighted by atomic mass is 10.0. The molecule has 0 saturated carbocycles. The number of benzene rings is 1. The van der Waals surface area contributed by atoms with Crippen LogP contribution < -0.4 is 9.80 Å². The number of fused-ring (bicyclic) bond motifs is 2. The first-order valence-corrected chi connectivity index (χ1v) is 11.3. The molecule has 0 aliphatic carbocycles. The summed E-state index contributed by atoms with van der Waals surface area (Å²) in [5.41, 5.74) is 4.39. The van der Waals surface area contributed by atoms with Gasteiger partial charge in [0.05, 0.1) is 5.52 Å². The van der Waals surface area contributed by atoms with Crippen molar-refractivity contribution in [1.82, 2.24) is 19.9 Å². The van der Waals surface area contributed by atoms with E-state index >= 15 is 0 Å². The van der Waals surface area contributed by atoms with E-state index in [0.29, 0.717) is 6.42 Å². The Morgan fingerprint density at radius 1 is 1.12 bits per heavy atom. The van der Waals surface area contributed by atoms with E-state index in [-0.39, 0.29) is 11.8 Å². The smallest absolute Gasteiger partial charge is 0.228 e. The van der Waals surface area contributed by atoms with Gasteiger partial charge in [-0.3, -0.25) is 14.6 Å². The number of hydrogen-bond acceptors (Lipinski definition) is 6. The van der Waals surface area contributed by atoms with E-state index in [9.17, 15) is 4.79 Å². The van der Waals surface area contributed by atoms with Gasteiger partial charge < -0.3 is 4.90 Å². The van der Waals surface area contributed by atoms with Crippen LogP contribution in [0, 0.1) is 6.92 Å². The van der Waals surface area contributed by atoms with Crippen LogP contribution in [0.15, 0.2) is 30.3 Å². The Kier molecular flexibility index (Phi) is 5.29. The van der Waals surface area contributed by atoms with E-state index in [1.165, 1.54) is 10.9 Å². The fourth-order valence-electron chi connectivity index (χ4n) is 4.95. The van der Waals surface area contributed by atoms with E-state index in [4.69, 9.17) is 15.0 Å². The third-order valence-corrected chi connectivity index (χ3v) is 6.73. The van der Waals surface area contributed by atoms with Crippen molar-refractivity contribution in [2.24, 2.45) is 0 Å². The highest BCUT2D eigenvalue weighted by molar-refractivity contribution is 5.94. The number of likely N-dealkylation sites (tertiary alicyclic amines) is 1. The van der Waals surface area contributed by atoms with Crippen molar-refractivity contribution in [2.75, 3.05) is 44.0 Å². The Bertz CT molecular complexity index is 1190. The summed E-state index contributed by atoms with van der Waals surface area (Å²) in [6.45, 7) is 4.81. The predicted octanol–water partition coefficient (Wildman–Crippen LogP) is 3.30. The Morgan fingerprint density at radius 3 is 2.75 bits per heavy atom. The third kappa shape index (κ3) is 3.71. The average molecular weight is 431 g/mol. The van der Waals surface area contributed by atoms with Crippen LogP contribution >= 0.6 is 0 Å². The van der Waals surface area contributed by atoms with Gasteiger partial charge in [0.2, 0.25) is 5.91 Å². The minimum atomic E-state index is 0.134. The summed E-state index contributed by atoms with van der Waals surface area (Å²) in [6, 6.07) is 10.6. The van der Waals surface area contributed by atoms with Gasteiger partial charge in [-0.1, -0.05) is 18.2 Å². The summed E-state index contributed by atoms with van der Waals surface area (Å²) in [5, 5.41) is 1.17. The van der Waals surface area contributed by atoms with Crippen LogP contribution in [-0.2, 0) is 17.8 Å². The average Bonchev–Trinajstić information content (AvgIpc) is 3.24. The number of para-hydroxylation sites is 1. The Labute approximate surface area is 189 Å². The first-order valence-electron chi connectivity index (χ1n) is 11.3. The molecule has 1 amide bonds. The molecular formula is C25H30N6O. The molecule has 0 spiro atoms. The molecule has 0 bridgehead atoms. The molecule has 2 aromatic heterocycles. The predicted molar refractivity (Wildman–Crippen MR) is 127 cm³/mol. The van der Waals surface area contributed by atoms with E-state index < -0.39 is 0 Å². The maximum atomic E-state index is 12.2. The van der Waals surface area contributed by atoms with Crippen LogP contribution in [0.1, 0.15) is 41.4 Å². The second kappa shape index (κ2) is 8.13. The summed E-state index contributed by atoms with van der Waals surface area (Å²) in [7, 11) is 5.93. The highest BCUT2D eigenvalue weighted by Gasteiger charge is 2.30. The minimum Gasteiger partial charge on any atom is -0.362 e. The molecule has 7 heteroatoms. The summed E-state index contributed by atoms with van der Waals surface area (Å²) in [4.78, 5) is 33.1. The topological polar surface area (TPSA) is 65.5 Å². The molecule has 2 aliphatic heterocycles. The van der Waals surface area contributed by atoms with Crippen LogP contribution in [-0.4, -0.2) is 60.0 Å². The zero-order valence-electron chi connectivity index (χ0n) is 19.3. The molecule has 0 unspecified atom stereocenters. The van der Waals surface area contributed by atoms with Gasteiger partial charge in [0.15, 0.2) is 0 Å². The summed E-state index contributed by atoms with van der Waals surface area (Å²) in [6.07, 6.45) is 2.30. The molecule has 0 N–H and O–H groups in total. The van der Waals surface area contributed by atoms with Crippen molar-refractivity contribution in [3.63, 3.8) is 0 Å². The number of carbonyl (C=O) groups excluding carboxylic acids is 1. The molecule has 1 saturated heterocycles. The Hall–Kier alpha value is -3.06. The van der Waals surface area contributed by atoms with Crippen molar-refractivity contribution in [3.05, 3.63) is 53.0 Å². The number of anilines is 2. The van der Waals surface area contributed by atoms with Gasteiger partial charge in [0, 0.05) is 68.8 Å². The van der Waals surface area contributed by atoms with E-state index in [2.05, 4.69) is 48.2 Å². The zero-order valence-corrected chi connectivity index (χ0v) is 19.3. The maximum Gasteiger partial charge on any atom is 0.228 e. The molecule has 2 aliphatic rings. The minimum absolute atomic E-state index is 0.134. The largest absolute Gasteiger partial charge is 0.362 e. The lowest BCUT2D eigenvalue weighted by Gasteiger charge is -2.26. The third-order valence-electron chi connectivity index (χ3n) is 6.73. The Balaban J connectivity index is 1.38. The number of aromatic nitrogens is 3. The van der Waals surface area contributed by atoms with Crippen LogP contribution in [0.5, 0.6) is 0 Å². The van der Waals surface area contributed by atoms with Crippen molar-refractivity contribution in [1.29, 1.82) is 0 Å². The van der Waals surface area contributed by atoms with E-state index in [1.54, 1.807) is 4.90 Å². The molecule has 1 aromatic carbocycles. The van der Waals surface area contributed by atoms with Crippen LogP contribution in [0.3, 0.4) is 0 Å². The highest BCUT2D eigenvalue weighted by atomic mass is 16.2. The molecular weight excluding hydrogens is 400 g/mol. The van der Waals surface area contributed by atoms with Gasteiger partial charge in [-0.05, 0) is 38.4 Å². The normalized spacial score (nSPS) is 18.9. The van der Waals surface area contributed by atoms with E-state index in [0.717, 1.165) is 66.7 Å². The second-order valence-electron chi connectivity index (χ2n) is 9.20. The van der Waals surface area contributed by atoms with Crippen LogP contribution in [0.2, 0.25) is 0 Å². The number of hydrogen-bond donors (Lipinski definition) is 0. The van der Waals surface area contributed by atoms with E-state index in [1.807, 2.05) is 20.0 Å². The number of aryl methyl sites for hydroxylation is 1. The molecule has 1 fully saturated rings. The van der Waals surface area contributed by atoms with Crippen LogP contribution in [0.4, 0.5) is 11.6 Å². The number of carbonyl (C=O) groups is 1. The Morgan fingerprint density at radius 2 is 1.94 bits per heavy atom. The quantitative estimate of drug-likeness (QED) is 0.633.